The molecule has 1 aliphatic heterocycles. The van der Waals surface area contributed by atoms with Gasteiger partial charge in [-0.05, 0) is 26.8 Å². The molecule has 2 aromatic rings. The molecule has 0 spiro atoms. The summed E-state index contributed by atoms with van der Waals surface area (Å²) in [5, 5.41) is 2.65. The lowest BCUT2D eigenvalue weighted by Gasteiger charge is -2.27. The number of nitrogens with one attached hydrogen (secondary N) is 1. The van der Waals surface area contributed by atoms with Crippen LogP contribution in [0.5, 0.6) is 5.75 Å². The summed E-state index contributed by atoms with van der Waals surface area (Å²) in [6.45, 7) is 4.66. The van der Waals surface area contributed by atoms with E-state index in [-0.39, 0.29) is 30.8 Å². The molecule has 1 saturated heterocycles. The molecule has 1 N–H and O–H groups in total. The Labute approximate surface area is 198 Å². The van der Waals surface area contributed by atoms with Crippen LogP contribution in [0.15, 0.2) is 24.7 Å². The number of carbonyl (C=O) groups excluding carboxylic acids is 2. The molecule has 1 fully saturated rings. The smallest absolute Gasteiger partial charge is 0.451 e. The van der Waals surface area contributed by atoms with Gasteiger partial charge in [0.25, 0.3) is 0 Å². The van der Waals surface area contributed by atoms with Gasteiger partial charge >= 0.3 is 12.3 Å². The Morgan fingerprint density at radius 1 is 1.14 bits per heavy atom. The number of pyridine rings is 1. The molecule has 0 bridgehead atoms. The van der Waals surface area contributed by atoms with Crippen molar-refractivity contribution in [1.29, 1.82) is 0 Å². The number of hydrogen-bond donors (Lipinski definition) is 1. The first kappa shape index (κ1) is 26.1. The fraction of sp³-hybridized carbons (Fsp3) is 0.500. The lowest BCUT2D eigenvalue weighted by atomic mass is 10.1. The monoisotopic (exact) mass is 499 g/mol. The van der Waals surface area contributed by atoms with Gasteiger partial charge in [0.05, 0.1) is 25.5 Å². The van der Waals surface area contributed by atoms with E-state index in [0.717, 1.165) is 17.3 Å². The molecule has 0 unspecified atom stereocenters. The van der Waals surface area contributed by atoms with E-state index in [2.05, 4.69) is 20.3 Å². The molecule has 9 nitrogen and oxygen atoms in total. The van der Waals surface area contributed by atoms with Gasteiger partial charge in [-0.1, -0.05) is 0 Å². The van der Waals surface area contributed by atoms with E-state index in [1.54, 1.807) is 20.8 Å². The second kappa shape index (κ2) is 10.0. The Bertz CT molecular complexity index is 1070. The summed E-state index contributed by atoms with van der Waals surface area (Å²) in [6, 6.07) is 0.444. The largest absolute Gasteiger partial charge is 0.495 e. The minimum Gasteiger partial charge on any atom is -0.495 e. The maximum atomic E-state index is 14.1. The van der Waals surface area contributed by atoms with Crippen LogP contribution in [-0.4, -0.2) is 63.3 Å². The summed E-state index contributed by atoms with van der Waals surface area (Å²) in [6.07, 6.45) is -3.68. The van der Waals surface area contributed by atoms with Gasteiger partial charge in [0, 0.05) is 36.5 Å². The zero-order chi connectivity index (χ0) is 26.0. The molecule has 0 radical (unpaired) electrons. The molecular weight excluding hydrogens is 474 g/mol. The van der Waals surface area contributed by atoms with Crippen molar-refractivity contribution >= 4 is 12.0 Å². The number of ether oxygens (including phenoxy) is 2. The molecule has 3 heterocycles. The summed E-state index contributed by atoms with van der Waals surface area (Å²) >= 11 is 0. The van der Waals surface area contributed by atoms with Crippen molar-refractivity contribution in [3.8, 4) is 17.0 Å². The first-order valence-electron chi connectivity index (χ1n) is 10.6. The molecule has 13 heteroatoms. The summed E-state index contributed by atoms with van der Waals surface area (Å²) in [5.74, 6) is -1.56. The molecule has 0 aromatic carbocycles. The van der Waals surface area contributed by atoms with E-state index in [1.165, 1.54) is 19.4 Å². The number of nitrogens with zero attached hydrogens (tertiary/aromatic N) is 4. The number of carbonyl (C=O) groups is 2. The van der Waals surface area contributed by atoms with Crippen LogP contribution in [0.2, 0.25) is 0 Å². The maximum Gasteiger partial charge on any atom is 0.451 e. The second-order valence-electron chi connectivity index (χ2n) is 8.87. The Balaban J connectivity index is 1.75. The maximum absolute atomic E-state index is 14.1. The minimum absolute atomic E-state index is 0.0748. The van der Waals surface area contributed by atoms with Crippen LogP contribution >= 0.6 is 0 Å². The average molecular weight is 499 g/mol. The molecule has 35 heavy (non-hydrogen) atoms. The molecule has 190 valence electrons. The fourth-order valence-corrected chi connectivity index (χ4v) is 3.43. The molecular formula is C22H25F4N5O4. The van der Waals surface area contributed by atoms with Crippen molar-refractivity contribution in [3.05, 3.63) is 36.0 Å². The van der Waals surface area contributed by atoms with E-state index in [0.29, 0.717) is 11.3 Å². The van der Waals surface area contributed by atoms with Gasteiger partial charge in [0.15, 0.2) is 0 Å². The lowest BCUT2D eigenvalue weighted by molar-refractivity contribution is -0.145. The van der Waals surface area contributed by atoms with Crippen LogP contribution in [-0.2, 0) is 22.3 Å². The van der Waals surface area contributed by atoms with Gasteiger partial charge in [-0.2, -0.15) is 13.2 Å². The number of methoxy groups -OCH3 is 1. The molecule has 0 aliphatic carbocycles. The van der Waals surface area contributed by atoms with Crippen molar-refractivity contribution in [2.45, 2.75) is 57.7 Å². The second-order valence-corrected chi connectivity index (χ2v) is 8.87. The fourth-order valence-electron chi connectivity index (χ4n) is 3.43. The van der Waals surface area contributed by atoms with E-state index < -0.39 is 41.8 Å². The summed E-state index contributed by atoms with van der Waals surface area (Å²) < 4.78 is 62.7. The summed E-state index contributed by atoms with van der Waals surface area (Å²) in [4.78, 5) is 37.1. The van der Waals surface area contributed by atoms with E-state index >= 15 is 0 Å². The topological polar surface area (TPSA) is 107 Å². The average Bonchev–Trinajstić information content (AvgIpc) is 3.17. The zero-order valence-corrected chi connectivity index (χ0v) is 19.5. The first-order chi connectivity index (χ1) is 16.3. The van der Waals surface area contributed by atoms with Crippen molar-refractivity contribution in [3.63, 3.8) is 0 Å². The number of likely N-dealkylation sites (tertiary alicyclic amines) is 1. The molecule has 1 aliphatic rings. The number of halogens is 4. The number of alkyl halides is 4. The van der Waals surface area contributed by atoms with Crippen LogP contribution in [0.1, 0.15) is 38.6 Å². The van der Waals surface area contributed by atoms with Gasteiger partial charge in [-0.15, -0.1) is 0 Å². The van der Waals surface area contributed by atoms with E-state index in [9.17, 15) is 27.2 Å². The Hall–Kier alpha value is -3.51. The van der Waals surface area contributed by atoms with E-state index in [4.69, 9.17) is 9.47 Å². The number of amides is 2. The highest BCUT2D eigenvalue weighted by Gasteiger charge is 2.41. The predicted molar refractivity (Wildman–Crippen MR) is 115 cm³/mol. The van der Waals surface area contributed by atoms with Gasteiger partial charge in [0.1, 0.15) is 23.6 Å². The van der Waals surface area contributed by atoms with Gasteiger partial charge in [-0.25, -0.2) is 19.2 Å². The third-order valence-corrected chi connectivity index (χ3v) is 5.00. The predicted octanol–water partition coefficient (Wildman–Crippen LogP) is 3.53. The molecule has 3 rings (SSSR count). The molecule has 2 aromatic heterocycles. The summed E-state index contributed by atoms with van der Waals surface area (Å²) in [5.41, 5.74) is 0.114. The van der Waals surface area contributed by atoms with Crippen LogP contribution in [0.4, 0.5) is 22.4 Å². The van der Waals surface area contributed by atoms with Gasteiger partial charge in [0.2, 0.25) is 11.7 Å². The number of hydrogen-bond acceptors (Lipinski definition) is 7. The normalized spacial score (nSPS) is 18.3. The first-order valence-corrected chi connectivity index (χ1v) is 10.6. The van der Waals surface area contributed by atoms with Crippen LogP contribution in [0.3, 0.4) is 0 Å². The SMILES string of the molecule is COc1cnc(-c2cnc(C(F)(F)F)nc2)cc1CNC(=O)[C@@H]1C[C@@H](F)CN1C(=O)OC(C)(C)C. The minimum atomic E-state index is -4.67. The van der Waals surface area contributed by atoms with Crippen molar-refractivity contribution in [2.24, 2.45) is 0 Å². The highest BCUT2D eigenvalue weighted by Crippen LogP contribution is 2.28. The highest BCUT2D eigenvalue weighted by atomic mass is 19.4. The summed E-state index contributed by atoms with van der Waals surface area (Å²) in [7, 11) is 1.39. The van der Waals surface area contributed by atoms with Gasteiger partial charge in [-0.3, -0.25) is 14.7 Å². The van der Waals surface area contributed by atoms with Crippen LogP contribution < -0.4 is 10.1 Å². The molecule has 0 saturated carbocycles. The molecule has 2 amide bonds. The Kier molecular flexibility index (Phi) is 7.46. The Morgan fingerprint density at radius 3 is 2.37 bits per heavy atom. The highest BCUT2D eigenvalue weighted by molar-refractivity contribution is 5.86. The quantitative estimate of drug-likeness (QED) is 0.628. The van der Waals surface area contributed by atoms with Crippen molar-refractivity contribution in [1.82, 2.24) is 25.2 Å². The van der Waals surface area contributed by atoms with Crippen molar-refractivity contribution in [2.75, 3.05) is 13.7 Å². The van der Waals surface area contributed by atoms with Crippen molar-refractivity contribution < 1.29 is 36.6 Å². The Morgan fingerprint density at radius 2 is 1.80 bits per heavy atom. The van der Waals surface area contributed by atoms with Gasteiger partial charge < -0.3 is 14.8 Å². The van der Waals surface area contributed by atoms with Crippen LogP contribution in [0.25, 0.3) is 11.3 Å². The number of rotatable bonds is 5. The zero-order valence-electron chi connectivity index (χ0n) is 19.5. The lowest BCUT2D eigenvalue weighted by Crippen LogP contribution is -2.47. The molecule has 2 atom stereocenters. The third kappa shape index (κ3) is 6.55. The third-order valence-electron chi connectivity index (χ3n) is 5.00. The van der Waals surface area contributed by atoms with Crippen LogP contribution in [0, 0.1) is 0 Å². The number of aromatic nitrogens is 3. The van der Waals surface area contributed by atoms with E-state index in [1.807, 2.05) is 0 Å². The standard InChI is InChI=1S/C22H25F4N5O4/c1-21(2,3)35-20(33)31-11-14(23)6-16(31)18(32)28-7-12-5-15(27-10-17(12)34-4)13-8-29-19(30-9-13)22(24,25)26/h5,8-10,14,16H,6-7,11H2,1-4H3,(H,28,32)/t14-,16+/m1/s1.